The molecule has 116 valence electrons. The molecule has 1 aromatic rings. The summed E-state index contributed by atoms with van der Waals surface area (Å²) in [6.07, 6.45) is 4.54. The summed E-state index contributed by atoms with van der Waals surface area (Å²) in [6, 6.07) is 4.96. The van der Waals surface area contributed by atoms with Gasteiger partial charge >= 0.3 is 0 Å². The molecular weight excluding hydrogens is 260 g/mol. The summed E-state index contributed by atoms with van der Waals surface area (Å²) < 4.78 is 0. The molecule has 2 aliphatic rings. The van der Waals surface area contributed by atoms with Gasteiger partial charge in [-0.2, -0.15) is 0 Å². The molecule has 4 heteroatoms. The highest BCUT2D eigenvalue weighted by molar-refractivity contribution is 5.49. The predicted molar refractivity (Wildman–Crippen MR) is 87.7 cm³/mol. The van der Waals surface area contributed by atoms with Crippen LogP contribution in [0.1, 0.15) is 38.3 Å². The summed E-state index contributed by atoms with van der Waals surface area (Å²) in [4.78, 5) is 9.85. The van der Waals surface area contributed by atoms with Crippen LogP contribution in [0.15, 0.2) is 18.3 Å². The summed E-state index contributed by atoms with van der Waals surface area (Å²) in [5, 5.41) is 3.43. The highest BCUT2D eigenvalue weighted by Gasteiger charge is 2.29. The molecule has 3 heterocycles. The highest BCUT2D eigenvalue weighted by Crippen LogP contribution is 2.36. The number of rotatable bonds is 4. The number of aromatic nitrogens is 1. The van der Waals surface area contributed by atoms with E-state index in [0.29, 0.717) is 6.04 Å². The van der Waals surface area contributed by atoms with E-state index >= 15 is 0 Å². The van der Waals surface area contributed by atoms with E-state index in [1.807, 2.05) is 6.20 Å². The molecule has 3 rings (SSSR count). The quantitative estimate of drug-likeness (QED) is 0.921. The van der Waals surface area contributed by atoms with Crippen LogP contribution in [-0.4, -0.2) is 49.2 Å². The molecule has 0 radical (unpaired) electrons. The molecule has 2 aliphatic heterocycles. The minimum absolute atomic E-state index is 0.561. The largest absolute Gasteiger partial charge is 0.354 e. The summed E-state index contributed by atoms with van der Waals surface area (Å²) in [7, 11) is 0. The fourth-order valence-electron chi connectivity index (χ4n) is 3.68. The number of nitrogens with one attached hydrogen (secondary N) is 1. The molecule has 1 aromatic heterocycles. The first-order valence-electron chi connectivity index (χ1n) is 8.40. The first-order valence-corrected chi connectivity index (χ1v) is 8.40. The SMILES string of the molecule is CC(C)CN1CCCC1c1cccnc1N1CCNCC1. The predicted octanol–water partition coefficient (Wildman–Crippen LogP) is 2.28. The second-order valence-corrected chi connectivity index (χ2v) is 6.70. The van der Waals surface area contributed by atoms with Crippen molar-refractivity contribution >= 4 is 5.82 Å². The Morgan fingerprint density at radius 3 is 2.86 bits per heavy atom. The van der Waals surface area contributed by atoms with Crippen LogP contribution in [0.4, 0.5) is 5.82 Å². The maximum atomic E-state index is 4.73. The average Bonchev–Trinajstić information content (AvgIpc) is 2.95. The summed E-state index contributed by atoms with van der Waals surface area (Å²) in [5.41, 5.74) is 1.44. The molecule has 1 N–H and O–H groups in total. The van der Waals surface area contributed by atoms with Crippen molar-refractivity contribution in [1.29, 1.82) is 0 Å². The van der Waals surface area contributed by atoms with Gasteiger partial charge in [0.25, 0.3) is 0 Å². The lowest BCUT2D eigenvalue weighted by Gasteiger charge is -2.33. The second kappa shape index (κ2) is 6.75. The summed E-state index contributed by atoms with van der Waals surface area (Å²) in [6.45, 7) is 11.3. The highest BCUT2D eigenvalue weighted by atomic mass is 15.2. The van der Waals surface area contributed by atoms with E-state index < -0.39 is 0 Å². The average molecular weight is 288 g/mol. The standard InChI is InChI=1S/C17H28N4/c1-14(2)13-21-10-4-6-16(21)15-5-3-7-19-17(15)20-11-8-18-9-12-20/h3,5,7,14,16,18H,4,6,8-13H2,1-2H3. The number of hydrogen-bond donors (Lipinski definition) is 1. The Kier molecular flexibility index (Phi) is 4.76. The van der Waals surface area contributed by atoms with Crippen LogP contribution in [0.5, 0.6) is 0 Å². The molecule has 0 spiro atoms. The molecule has 0 amide bonds. The summed E-state index contributed by atoms with van der Waals surface area (Å²) in [5.74, 6) is 1.95. The zero-order valence-corrected chi connectivity index (χ0v) is 13.4. The fourth-order valence-corrected chi connectivity index (χ4v) is 3.68. The maximum Gasteiger partial charge on any atom is 0.133 e. The maximum absolute atomic E-state index is 4.73. The Labute approximate surface area is 128 Å². The van der Waals surface area contributed by atoms with E-state index in [1.165, 1.54) is 37.3 Å². The molecule has 4 nitrogen and oxygen atoms in total. The number of likely N-dealkylation sites (tertiary alicyclic amines) is 1. The second-order valence-electron chi connectivity index (χ2n) is 6.70. The Morgan fingerprint density at radius 2 is 2.10 bits per heavy atom. The van der Waals surface area contributed by atoms with Crippen LogP contribution >= 0.6 is 0 Å². The fraction of sp³-hybridized carbons (Fsp3) is 0.706. The molecular formula is C17H28N4. The van der Waals surface area contributed by atoms with Gasteiger partial charge in [-0.3, -0.25) is 4.90 Å². The number of anilines is 1. The van der Waals surface area contributed by atoms with Crippen molar-refractivity contribution in [1.82, 2.24) is 15.2 Å². The van der Waals surface area contributed by atoms with Crippen molar-refractivity contribution in [3.8, 4) is 0 Å². The smallest absolute Gasteiger partial charge is 0.133 e. The molecule has 0 aromatic carbocycles. The lowest BCUT2D eigenvalue weighted by molar-refractivity contribution is 0.228. The van der Waals surface area contributed by atoms with Gasteiger partial charge in [0.15, 0.2) is 0 Å². The van der Waals surface area contributed by atoms with Crippen LogP contribution in [0.2, 0.25) is 0 Å². The minimum Gasteiger partial charge on any atom is -0.354 e. The van der Waals surface area contributed by atoms with Gasteiger partial charge in [0.1, 0.15) is 5.82 Å². The molecule has 0 aliphatic carbocycles. The Hall–Kier alpha value is -1.13. The van der Waals surface area contributed by atoms with E-state index in [9.17, 15) is 0 Å². The van der Waals surface area contributed by atoms with Crippen LogP contribution < -0.4 is 10.2 Å². The van der Waals surface area contributed by atoms with Gasteiger partial charge in [-0.15, -0.1) is 0 Å². The van der Waals surface area contributed by atoms with E-state index in [4.69, 9.17) is 4.98 Å². The third kappa shape index (κ3) is 3.38. The normalized spacial score (nSPS) is 24.0. The van der Waals surface area contributed by atoms with Crippen molar-refractivity contribution in [2.45, 2.75) is 32.7 Å². The van der Waals surface area contributed by atoms with Gasteiger partial charge in [-0.1, -0.05) is 19.9 Å². The van der Waals surface area contributed by atoms with E-state index in [-0.39, 0.29) is 0 Å². The van der Waals surface area contributed by atoms with Gasteiger partial charge in [0, 0.05) is 50.5 Å². The first-order chi connectivity index (χ1) is 10.3. The molecule has 2 fully saturated rings. The molecule has 0 bridgehead atoms. The number of hydrogen-bond acceptors (Lipinski definition) is 4. The third-order valence-electron chi connectivity index (χ3n) is 4.56. The molecule has 1 unspecified atom stereocenters. The van der Waals surface area contributed by atoms with E-state index in [1.54, 1.807) is 0 Å². The van der Waals surface area contributed by atoms with Gasteiger partial charge < -0.3 is 10.2 Å². The monoisotopic (exact) mass is 288 g/mol. The first kappa shape index (κ1) is 14.8. The van der Waals surface area contributed by atoms with E-state index in [2.05, 4.69) is 41.1 Å². The third-order valence-corrected chi connectivity index (χ3v) is 4.56. The van der Waals surface area contributed by atoms with Crippen molar-refractivity contribution in [2.75, 3.05) is 44.2 Å². The van der Waals surface area contributed by atoms with Crippen LogP contribution in [0, 0.1) is 5.92 Å². The topological polar surface area (TPSA) is 31.4 Å². The molecule has 0 saturated carbocycles. The minimum atomic E-state index is 0.561. The van der Waals surface area contributed by atoms with Crippen molar-refractivity contribution in [2.24, 2.45) is 5.92 Å². The summed E-state index contributed by atoms with van der Waals surface area (Å²) >= 11 is 0. The van der Waals surface area contributed by atoms with Gasteiger partial charge in [-0.05, 0) is 31.4 Å². The van der Waals surface area contributed by atoms with E-state index in [0.717, 1.165) is 32.1 Å². The zero-order valence-electron chi connectivity index (χ0n) is 13.4. The van der Waals surface area contributed by atoms with Gasteiger partial charge in [-0.25, -0.2) is 4.98 Å². The van der Waals surface area contributed by atoms with Crippen molar-refractivity contribution < 1.29 is 0 Å². The van der Waals surface area contributed by atoms with Crippen LogP contribution in [0.3, 0.4) is 0 Å². The van der Waals surface area contributed by atoms with Crippen LogP contribution in [0.25, 0.3) is 0 Å². The number of piperazine rings is 1. The zero-order chi connectivity index (χ0) is 14.7. The van der Waals surface area contributed by atoms with Gasteiger partial charge in [0.2, 0.25) is 0 Å². The Bertz CT molecular complexity index is 454. The molecule has 21 heavy (non-hydrogen) atoms. The molecule has 1 atom stereocenters. The lowest BCUT2D eigenvalue weighted by atomic mass is 10.0. The van der Waals surface area contributed by atoms with Crippen molar-refractivity contribution in [3.05, 3.63) is 23.9 Å². The van der Waals surface area contributed by atoms with Crippen LogP contribution in [-0.2, 0) is 0 Å². The lowest BCUT2D eigenvalue weighted by Crippen LogP contribution is -2.44. The number of nitrogens with zero attached hydrogens (tertiary/aromatic N) is 3. The number of pyridine rings is 1. The van der Waals surface area contributed by atoms with Gasteiger partial charge in [0.05, 0.1) is 0 Å². The molecule has 2 saturated heterocycles. The Balaban J connectivity index is 1.83. The van der Waals surface area contributed by atoms with Crippen molar-refractivity contribution in [3.63, 3.8) is 0 Å². The Morgan fingerprint density at radius 1 is 1.29 bits per heavy atom.